The third-order valence-electron chi connectivity index (χ3n) is 2.88. The maximum absolute atomic E-state index is 11.9. The largest absolute Gasteiger partial charge is 0.402 e. The van der Waals surface area contributed by atoms with E-state index in [-0.39, 0.29) is 11.6 Å². The summed E-state index contributed by atoms with van der Waals surface area (Å²) in [6.07, 6.45) is 1.62. The molecule has 0 amide bonds. The third kappa shape index (κ3) is 2.99. The zero-order valence-electron chi connectivity index (χ0n) is 10.7. The van der Waals surface area contributed by atoms with E-state index in [1.54, 1.807) is 48.5 Å². The molecule has 0 unspecified atom stereocenters. The predicted molar refractivity (Wildman–Crippen MR) is 83.5 cm³/mol. The van der Waals surface area contributed by atoms with Gasteiger partial charge in [0.25, 0.3) is 0 Å². The molecule has 0 spiro atoms. The van der Waals surface area contributed by atoms with Crippen molar-refractivity contribution in [1.82, 2.24) is 0 Å². The van der Waals surface area contributed by atoms with Gasteiger partial charge in [0.2, 0.25) is 5.90 Å². The lowest BCUT2D eigenvalue weighted by Gasteiger charge is -2.00. The fraction of sp³-hybridized carbons (Fsp3) is 0. The van der Waals surface area contributed by atoms with Crippen LogP contribution in [-0.4, -0.2) is 11.9 Å². The Hall–Kier alpha value is -2.10. The van der Waals surface area contributed by atoms with Gasteiger partial charge in [0.05, 0.1) is 10.6 Å². The maximum atomic E-state index is 11.9. The van der Waals surface area contributed by atoms with Gasteiger partial charge in [-0.3, -0.25) is 0 Å². The molecule has 1 heterocycles. The molecule has 0 radical (unpaired) electrons. The molecule has 5 heteroatoms. The Morgan fingerprint density at radius 2 is 1.86 bits per heavy atom. The van der Waals surface area contributed by atoms with Crippen molar-refractivity contribution in [2.75, 3.05) is 0 Å². The number of ether oxygens (including phenoxy) is 1. The van der Waals surface area contributed by atoms with Crippen LogP contribution in [0.25, 0.3) is 6.08 Å². The van der Waals surface area contributed by atoms with Crippen LogP contribution in [0.5, 0.6) is 0 Å². The third-order valence-corrected chi connectivity index (χ3v) is 3.44. The van der Waals surface area contributed by atoms with Crippen molar-refractivity contribution < 1.29 is 9.53 Å². The Labute approximate surface area is 131 Å². The van der Waals surface area contributed by atoms with Crippen molar-refractivity contribution in [3.63, 3.8) is 0 Å². The van der Waals surface area contributed by atoms with Crippen molar-refractivity contribution in [3.05, 3.63) is 75.4 Å². The molecule has 0 aromatic heterocycles. The number of hydrogen-bond donors (Lipinski definition) is 0. The second-order valence-electron chi connectivity index (χ2n) is 4.37. The zero-order valence-corrected chi connectivity index (χ0v) is 12.2. The summed E-state index contributed by atoms with van der Waals surface area (Å²) < 4.78 is 5.17. The second kappa shape index (κ2) is 5.72. The van der Waals surface area contributed by atoms with Gasteiger partial charge in [0.1, 0.15) is 0 Å². The first-order valence-corrected chi connectivity index (χ1v) is 6.92. The lowest BCUT2D eigenvalue weighted by atomic mass is 10.2. The molecule has 1 aliphatic rings. The maximum Gasteiger partial charge on any atom is 0.363 e. The number of benzene rings is 2. The number of esters is 1. The minimum absolute atomic E-state index is 0.207. The summed E-state index contributed by atoms with van der Waals surface area (Å²) in [5.41, 5.74) is 1.58. The van der Waals surface area contributed by atoms with Crippen LogP contribution in [0.4, 0.5) is 0 Å². The second-order valence-corrected chi connectivity index (χ2v) is 5.21. The van der Waals surface area contributed by atoms with Crippen LogP contribution in [0.2, 0.25) is 10.0 Å². The van der Waals surface area contributed by atoms with Gasteiger partial charge in [-0.15, -0.1) is 0 Å². The first kappa shape index (κ1) is 13.9. The minimum atomic E-state index is -0.509. The van der Waals surface area contributed by atoms with Gasteiger partial charge < -0.3 is 4.74 Å². The molecular weight excluding hydrogens is 309 g/mol. The molecule has 0 aliphatic carbocycles. The highest BCUT2D eigenvalue weighted by Gasteiger charge is 2.25. The molecule has 0 atom stereocenters. The summed E-state index contributed by atoms with van der Waals surface area (Å²) in [4.78, 5) is 16.1. The van der Waals surface area contributed by atoms with Gasteiger partial charge in [-0.2, -0.15) is 0 Å². The molecule has 0 bridgehead atoms. The lowest BCUT2D eigenvalue weighted by molar-refractivity contribution is -0.129. The van der Waals surface area contributed by atoms with E-state index in [9.17, 15) is 4.79 Å². The normalized spacial score (nSPS) is 16.0. The highest BCUT2D eigenvalue weighted by Crippen LogP contribution is 2.24. The molecule has 1 aliphatic heterocycles. The number of rotatable bonds is 2. The molecule has 0 N–H and O–H groups in total. The van der Waals surface area contributed by atoms with Crippen molar-refractivity contribution in [2.45, 2.75) is 0 Å². The van der Waals surface area contributed by atoms with E-state index in [2.05, 4.69) is 4.99 Å². The fourth-order valence-corrected chi connectivity index (χ4v) is 2.33. The van der Waals surface area contributed by atoms with E-state index in [4.69, 9.17) is 27.9 Å². The van der Waals surface area contributed by atoms with Crippen molar-refractivity contribution >= 4 is 41.1 Å². The van der Waals surface area contributed by atoms with E-state index in [0.717, 1.165) is 5.56 Å². The van der Waals surface area contributed by atoms with E-state index in [1.165, 1.54) is 0 Å². The highest BCUT2D eigenvalue weighted by atomic mass is 35.5. The molecule has 3 rings (SSSR count). The SMILES string of the molecule is O=C1OC(c2ccccc2Cl)=N/C1=C\c1cccc(Cl)c1. The number of aliphatic imine (C=N–C) groups is 1. The van der Waals surface area contributed by atoms with Crippen molar-refractivity contribution in [2.24, 2.45) is 4.99 Å². The topological polar surface area (TPSA) is 38.7 Å². The standard InChI is InChI=1S/C16H9Cl2NO2/c17-11-5-3-4-10(8-11)9-14-16(20)21-15(19-14)12-6-1-2-7-13(12)18/h1-9H/b14-9-. The molecule has 3 nitrogen and oxygen atoms in total. The average Bonchev–Trinajstić information content (AvgIpc) is 2.80. The van der Waals surface area contributed by atoms with E-state index in [0.29, 0.717) is 15.6 Å². The molecule has 2 aromatic rings. The van der Waals surface area contributed by atoms with Crippen LogP contribution < -0.4 is 0 Å². The van der Waals surface area contributed by atoms with E-state index >= 15 is 0 Å². The molecule has 2 aromatic carbocycles. The number of halogens is 2. The van der Waals surface area contributed by atoms with E-state index < -0.39 is 5.97 Å². The Bertz CT molecular complexity index is 781. The number of nitrogens with zero attached hydrogens (tertiary/aromatic N) is 1. The number of carbonyl (C=O) groups is 1. The summed E-state index contributed by atoms with van der Waals surface area (Å²) in [6, 6.07) is 14.2. The van der Waals surface area contributed by atoms with Crippen molar-refractivity contribution in [3.8, 4) is 0 Å². The number of hydrogen-bond acceptors (Lipinski definition) is 3. The molecule has 0 saturated carbocycles. The van der Waals surface area contributed by atoms with Gasteiger partial charge >= 0.3 is 5.97 Å². The summed E-state index contributed by atoms with van der Waals surface area (Å²) in [5, 5.41) is 1.07. The van der Waals surface area contributed by atoms with Crippen LogP contribution in [0.1, 0.15) is 11.1 Å². The molecule has 104 valence electrons. The quantitative estimate of drug-likeness (QED) is 0.610. The molecule has 21 heavy (non-hydrogen) atoms. The summed E-state index contributed by atoms with van der Waals surface area (Å²) in [6.45, 7) is 0. The summed E-state index contributed by atoms with van der Waals surface area (Å²) in [7, 11) is 0. The average molecular weight is 318 g/mol. The Balaban J connectivity index is 1.98. The van der Waals surface area contributed by atoms with Gasteiger partial charge in [0.15, 0.2) is 5.70 Å². The Kier molecular flexibility index (Phi) is 3.78. The summed E-state index contributed by atoms with van der Waals surface area (Å²) >= 11 is 12.0. The van der Waals surface area contributed by atoms with Gasteiger partial charge in [-0.1, -0.05) is 47.5 Å². The van der Waals surface area contributed by atoms with Gasteiger partial charge in [-0.25, -0.2) is 9.79 Å². The number of cyclic esters (lactones) is 1. The molecular formula is C16H9Cl2NO2. The predicted octanol–water partition coefficient (Wildman–Crippen LogP) is 4.34. The smallest absolute Gasteiger partial charge is 0.363 e. The minimum Gasteiger partial charge on any atom is -0.402 e. The lowest BCUT2D eigenvalue weighted by Crippen LogP contribution is -2.05. The van der Waals surface area contributed by atoms with Gasteiger partial charge in [-0.05, 0) is 35.9 Å². The van der Waals surface area contributed by atoms with Crippen LogP contribution in [0, 0.1) is 0 Å². The van der Waals surface area contributed by atoms with E-state index in [1.807, 2.05) is 6.07 Å². The first-order valence-electron chi connectivity index (χ1n) is 6.16. The van der Waals surface area contributed by atoms with Crippen LogP contribution in [-0.2, 0) is 9.53 Å². The molecule has 0 saturated heterocycles. The first-order chi connectivity index (χ1) is 10.1. The monoisotopic (exact) mass is 317 g/mol. The van der Waals surface area contributed by atoms with Crippen molar-refractivity contribution in [1.29, 1.82) is 0 Å². The fourth-order valence-electron chi connectivity index (χ4n) is 1.91. The summed E-state index contributed by atoms with van der Waals surface area (Å²) in [5.74, 6) is -0.302. The van der Waals surface area contributed by atoms with Crippen LogP contribution in [0.3, 0.4) is 0 Å². The van der Waals surface area contributed by atoms with Crippen LogP contribution in [0.15, 0.2) is 59.2 Å². The van der Waals surface area contributed by atoms with Crippen LogP contribution >= 0.6 is 23.2 Å². The zero-order chi connectivity index (χ0) is 14.8. The highest BCUT2D eigenvalue weighted by molar-refractivity contribution is 6.34. The Morgan fingerprint density at radius 3 is 2.62 bits per heavy atom. The number of carbonyl (C=O) groups excluding carboxylic acids is 1. The Morgan fingerprint density at radius 1 is 1.05 bits per heavy atom. The molecule has 0 fully saturated rings. The van der Waals surface area contributed by atoms with Gasteiger partial charge in [0, 0.05) is 5.02 Å².